The summed E-state index contributed by atoms with van der Waals surface area (Å²) in [5.41, 5.74) is 3.40. The quantitative estimate of drug-likeness (QED) is 0.240. The second-order valence-electron chi connectivity index (χ2n) is 13.4. The largest absolute Gasteiger partial charge is 0.449 e. The molecule has 1 amide bonds. The normalized spacial score (nSPS) is 18.6. The van der Waals surface area contributed by atoms with Gasteiger partial charge in [0, 0.05) is 40.4 Å². The molecule has 1 saturated carbocycles. The van der Waals surface area contributed by atoms with Gasteiger partial charge in [0.15, 0.2) is 11.7 Å². The number of benzene rings is 1. The highest BCUT2D eigenvalue weighted by atomic mass is 32.1. The molecule has 1 atom stereocenters. The van der Waals surface area contributed by atoms with Gasteiger partial charge in [-0.25, -0.2) is 14.2 Å². The third kappa shape index (κ3) is 5.35. The third-order valence-electron chi connectivity index (χ3n) is 8.81. The van der Waals surface area contributed by atoms with Crippen LogP contribution in [-0.2, 0) is 11.2 Å². The lowest BCUT2D eigenvalue weighted by Gasteiger charge is -2.57. The molecule has 1 unspecified atom stereocenters. The Morgan fingerprint density at radius 1 is 1.20 bits per heavy atom. The molecule has 3 aromatic heterocycles. The zero-order chi connectivity index (χ0) is 31.7. The summed E-state index contributed by atoms with van der Waals surface area (Å²) in [6.45, 7) is 13.1. The molecule has 232 valence electrons. The summed E-state index contributed by atoms with van der Waals surface area (Å²) < 4.78 is 28.8. The first kappa shape index (κ1) is 29.4. The van der Waals surface area contributed by atoms with Crippen LogP contribution in [0.3, 0.4) is 0 Å². The number of likely N-dealkylation sites (tertiary alicyclic amines) is 1. The fourth-order valence-electron chi connectivity index (χ4n) is 6.55. The predicted octanol–water partition coefficient (Wildman–Crippen LogP) is 6.51. The molecule has 4 aromatic rings. The van der Waals surface area contributed by atoms with Crippen LogP contribution in [0.2, 0.25) is 0 Å². The third-order valence-corrected chi connectivity index (χ3v) is 10.00. The van der Waals surface area contributed by atoms with Crippen molar-refractivity contribution >= 4 is 23.1 Å². The van der Waals surface area contributed by atoms with Gasteiger partial charge in [-0.3, -0.25) is 9.56 Å². The molecular weight excluding hydrogens is 591 g/mol. The lowest BCUT2D eigenvalue weighted by atomic mass is 9.58. The van der Waals surface area contributed by atoms with E-state index < -0.39 is 11.6 Å². The van der Waals surface area contributed by atoms with Gasteiger partial charge in [-0.2, -0.15) is 0 Å². The summed E-state index contributed by atoms with van der Waals surface area (Å²) in [6.07, 6.45) is 5.10. The molecule has 9 nitrogen and oxygen atoms in total. The minimum atomic E-state index is -0.502. The molecule has 7 rings (SSSR count). The first-order valence-corrected chi connectivity index (χ1v) is 16.0. The summed E-state index contributed by atoms with van der Waals surface area (Å²) in [5.74, 6) is 8.17. The molecule has 1 saturated heterocycles. The average Bonchev–Trinajstić information content (AvgIpc) is 3.62. The number of hydrogen-bond donors (Lipinski definition) is 0. The monoisotopic (exact) mass is 626 g/mol. The number of carbonyl (C=O) groups is 1. The first-order valence-electron chi connectivity index (χ1n) is 15.2. The van der Waals surface area contributed by atoms with Gasteiger partial charge in [0.1, 0.15) is 34.5 Å². The van der Waals surface area contributed by atoms with Crippen LogP contribution in [-0.4, -0.2) is 55.1 Å². The maximum atomic E-state index is 15.7. The Bertz CT molecular complexity index is 1890. The molecule has 0 N–H and O–H groups in total. The summed E-state index contributed by atoms with van der Waals surface area (Å²) >= 11 is 1.66. The van der Waals surface area contributed by atoms with E-state index in [1.54, 1.807) is 34.8 Å². The van der Waals surface area contributed by atoms with Crippen molar-refractivity contribution in [1.29, 1.82) is 0 Å². The Morgan fingerprint density at radius 3 is 2.67 bits per heavy atom. The number of hydrogen-bond acceptors (Lipinski definition) is 8. The van der Waals surface area contributed by atoms with Crippen molar-refractivity contribution in [3.8, 4) is 16.8 Å². The standard InChI is InChI=1S/C34H35FN6O3S/c1-19-20(2)45-31-28(19)29(37-26(14-27-36-11-12-43-27)30-39-38-21(3)41(30)31)24-10-9-23(25(35)13-24)8-7-22-15-34(16-22)17-40(18-34)32(42)44-33(4,5)6/h9-13,22,26H,14-18H2,1-6H3. The number of thiophene rings is 1. The molecule has 1 aliphatic carbocycles. The highest BCUT2D eigenvalue weighted by molar-refractivity contribution is 7.15. The molecule has 45 heavy (non-hydrogen) atoms. The van der Waals surface area contributed by atoms with Crippen molar-refractivity contribution in [1.82, 2.24) is 24.6 Å². The van der Waals surface area contributed by atoms with Gasteiger partial charge >= 0.3 is 6.09 Å². The molecule has 11 heteroatoms. The maximum absolute atomic E-state index is 15.7. The van der Waals surface area contributed by atoms with E-state index in [1.165, 1.54) is 6.07 Å². The fraction of sp³-hybridized carbons (Fsp3) is 0.441. The van der Waals surface area contributed by atoms with Gasteiger partial charge in [0.05, 0.1) is 23.9 Å². The number of aromatic nitrogens is 4. The van der Waals surface area contributed by atoms with Crippen molar-refractivity contribution in [2.24, 2.45) is 16.3 Å². The minimum absolute atomic E-state index is 0.119. The molecule has 1 aromatic carbocycles. The van der Waals surface area contributed by atoms with Crippen LogP contribution in [0.5, 0.6) is 0 Å². The number of aryl methyl sites for hydroxylation is 2. The van der Waals surface area contributed by atoms with E-state index in [9.17, 15) is 4.79 Å². The van der Waals surface area contributed by atoms with E-state index in [0.717, 1.165) is 39.7 Å². The second kappa shape index (κ2) is 10.7. The number of oxazole rings is 1. The Hall–Kier alpha value is -4.30. The lowest BCUT2D eigenvalue weighted by Crippen LogP contribution is -2.64. The van der Waals surface area contributed by atoms with Crippen LogP contribution in [0.15, 0.2) is 40.1 Å². The minimum Gasteiger partial charge on any atom is -0.449 e. The number of carbonyl (C=O) groups excluding carboxylic acids is 1. The van der Waals surface area contributed by atoms with E-state index >= 15 is 4.39 Å². The number of fused-ring (bicyclic) bond motifs is 3. The van der Waals surface area contributed by atoms with Crippen molar-refractivity contribution < 1.29 is 18.3 Å². The van der Waals surface area contributed by atoms with Gasteiger partial charge in [-0.1, -0.05) is 17.9 Å². The van der Waals surface area contributed by atoms with E-state index in [2.05, 4.69) is 45.4 Å². The molecule has 1 spiro atoms. The highest BCUT2D eigenvalue weighted by Gasteiger charge is 2.54. The van der Waals surface area contributed by atoms with Crippen molar-refractivity contribution in [2.45, 2.75) is 72.4 Å². The smallest absolute Gasteiger partial charge is 0.410 e. The summed E-state index contributed by atoms with van der Waals surface area (Å²) in [4.78, 5) is 24.7. The van der Waals surface area contributed by atoms with E-state index in [-0.39, 0.29) is 23.2 Å². The van der Waals surface area contributed by atoms with E-state index in [1.807, 2.05) is 33.8 Å². The number of amides is 1. The van der Waals surface area contributed by atoms with Crippen LogP contribution >= 0.6 is 11.3 Å². The SMILES string of the molecule is Cc1sc2c(c1C)C(c1ccc(C#CC3CC4(C3)CN(C(=O)OC(C)(C)C)C4)c(F)c1)=NC(Cc1ncco1)c1nnc(C)n1-2. The van der Waals surface area contributed by atoms with Gasteiger partial charge in [-0.15, -0.1) is 21.5 Å². The average molecular weight is 627 g/mol. The van der Waals surface area contributed by atoms with Crippen molar-refractivity contribution in [3.05, 3.63) is 81.1 Å². The number of halogens is 1. The predicted molar refractivity (Wildman–Crippen MR) is 168 cm³/mol. The van der Waals surface area contributed by atoms with Crippen molar-refractivity contribution in [2.75, 3.05) is 13.1 Å². The summed E-state index contributed by atoms with van der Waals surface area (Å²) in [5, 5.41) is 9.85. The summed E-state index contributed by atoms with van der Waals surface area (Å²) in [6, 6.07) is 4.75. The number of rotatable bonds is 3. The molecular formula is C34H35FN6O3S. The van der Waals surface area contributed by atoms with Crippen LogP contribution in [0, 0.1) is 49.8 Å². The Morgan fingerprint density at radius 2 is 1.98 bits per heavy atom. The summed E-state index contributed by atoms with van der Waals surface area (Å²) in [7, 11) is 0. The van der Waals surface area contributed by atoms with Gasteiger partial charge in [0.25, 0.3) is 0 Å². The van der Waals surface area contributed by atoms with E-state index in [4.69, 9.17) is 14.1 Å². The van der Waals surface area contributed by atoms with Crippen LogP contribution < -0.4 is 0 Å². The van der Waals surface area contributed by atoms with Crippen LogP contribution in [0.1, 0.15) is 84.3 Å². The molecule has 3 aliphatic rings. The maximum Gasteiger partial charge on any atom is 0.410 e. The van der Waals surface area contributed by atoms with Gasteiger partial charge < -0.3 is 14.1 Å². The lowest BCUT2D eigenvalue weighted by molar-refractivity contribution is -0.0832. The Labute approximate surface area is 265 Å². The second-order valence-corrected chi connectivity index (χ2v) is 14.6. The zero-order valence-electron chi connectivity index (χ0n) is 26.3. The molecule has 2 fully saturated rings. The molecule has 0 radical (unpaired) electrons. The molecule has 5 heterocycles. The Kier molecular flexibility index (Phi) is 6.96. The fourth-order valence-corrected chi connectivity index (χ4v) is 7.77. The number of ether oxygens (including phenoxy) is 1. The number of nitrogens with zero attached hydrogens (tertiary/aromatic N) is 6. The molecule has 2 aliphatic heterocycles. The molecule has 0 bridgehead atoms. The zero-order valence-corrected chi connectivity index (χ0v) is 27.1. The van der Waals surface area contributed by atoms with Gasteiger partial charge in [-0.05, 0) is 72.1 Å². The Balaban J connectivity index is 1.13. The highest BCUT2D eigenvalue weighted by Crippen LogP contribution is 2.52. The van der Waals surface area contributed by atoms with Gasteiger partial charge in [0.2, 0.25) is 0 Å². The number of aliphatic imine (C=N–C) groups is 1. The van der Waals surface area contributed by atoms with Crippen LogP contribution in [0.25, 0.3) is 5.00 Å². The topological polar surface area (TPSA) is 98.6 Å². The van der Waals surface area contributed by atoms with E-state index in [0.29, 0.717) is 48.1 Å². The van der Waals surface area contributed by atoms with Crippen LogP contribution in [0.4, 0.5) is 9.18 Å². The van der Waals surface area contributed by atoms with Crippen molar-refractivity contribution in [3.63, 3.8) is 0 Å². The first-order chi connectivity index (χ1) is 21.4.